The quantitative estimate of drug-likeness (QED) is 0.602. The van der Waals surface area contributed by atoms with Gasteiger partial charge in [-0.15, -0.1) is 0 Å². The maximum Gasteiger partial charge on any atom is 0.293 e. The Hall–Kier alpha value is -3.09. The van der Waals surface area contributed by atoms with Crippen LogP contribution in [0.2, 0.25) is 0 Å². The van der Waals surface area contributed by atoms with Crippen LogP contribution in [0.5, 0.6) is 0 Å². The number of carbonyl (C=O) groups is 1. The predicted molar refractivity (Wildman–Crippen MR) is 115 cm³/mol. The zero-order valence-electron chi connectivity index (χ0n) is 16.7. The van der Waals surface area contributed by atoms with Gasteiger partial charge in [0.2, 0.25) is 0 Å². The lowest BCUT2D eigenvalue weighted by Gasteiger charge is -2.19. The van der Waals surface area contributed by atoms with E-state index < -0.39 is 4.92 Å². The topological polar surface area (TPSA) is 78.7 Å². The van der Waals surface area contributed by atoms with Crippen LogP contribution in [0, 0.1) is 17.0 Å². The van der Waals surface area contributed by atoms with Gasteiger partial charge in [0.05, 0.1) is 4.92 Å². The van der Waals surface area contributed by atoms with Gasteiger partial charge in [-0.3, -0.25) is 14.9 Å². The fourth-order valence-corrected chi connectivity index (χ4v) is 4.19. The van der Waals surface area contributed by atoms with E-state index >= 15 is 0 Å². The molecule has 2 aromatic rings. The van der Waals surface area contributed by atoms with Crippen molar-refractivity contribution in [1.82, 2.24) is 0 Å². The van der Waals surface area contributed by atoms with Gasteiger partial charge in [-0.1, -0.05) is 0 Å². The first-order valence-corrected chi connectivity index (χ1v) is 10.2. The van der Waals surface area contributed by atoms with E-state index in [4.69, 9.17) is 0 Å². The first kappa shape index (κ1) is 19.2. The molecule has 0 aliphatic carbocycles. The Bertz CT molecular complexity index is 932. The minimum atomic E-state index is -0.402. The summed E-state index contributed by atoms with van der Waals surface area (Å²) in [5.41, 5.74) is 3.75. The van der Waals surface area contributed by atoms with Crippen LogP contribution in [0.1, 0.15) is 41.6 Å². The molecule has 2 heterocycles. The maximum absolute atomic E-state index is 12.8. The Kier molecular flexibility index (Phi) is 5.38. The zero-order valence-corrected chi connectivity index (χ0v) is 16.7. The zero-order chi connectivity index (χ0) is 20.4. The van der Waals surface area contributed by atoms with Crippen molar-refractivity contribution in [3.8, 4) is 0 Å². The third kappa shape index (κ3) is 4.04. The highest BCUT2D eigenvalue weighted by Crippen LogP contribution is 2.32. The van der Waals surface area contributed by atoms with E-state index in [2.05, 4.69) is 16.3 Å². The molecule has 0 radical (unpaired) electrons. The van der Waals surface area contributed by atoms with Crippen LogP contribution >= 0.6 is 0 Å². The number of rotatable bonds is 5. The van der Waals surface area contributed by atoms with E-state index in [1.165, 1.54) is 24.6 Å². The Labute approximate surface area is 170 Å². The third-order valence-electron chi connectivity index (χ3n) is 5.81. The SMILES string of the molecule is Cc1cc(N2CCCC2)ccc1NC(=O)c1ccc(N2CCCC2)c([N+](=O)[O-])c1. The van der Waals surface area contributed by atoms with Gasteiger partial charge in [0.1, 0.15) is 5.69 Å². The lowest BCUT2D eigenvalue weighted by Crippen LogP contribution is -2.20. The molecule has 152 valence electrons. The monoisotopic (exact) mass is 394 g/mol. The van der Waals surface area contributed by atoms with Crippen molar-refractivity contribution in [3.63, 3.8) is 0 Å². The van der Waals surface area contributed by atoms with Gasteiger partial charge in [0.15, 0.2) is 0 Å². The average molecular weight is 394 g/mol. The van der Waals surface area contributed by atoms with Crippen LogP contribution in [0.3, 0.4) is 0 Å². The first-order chi connectivity index (χ1) is 14.0. The molecule has 1 amide bonds. The maximum atomic E-state index is 12.8. The van der Waals surface area contributed by atoms with Crippen LogP contribution in [-0.2, 0) is 0 Å². The van der Waals surface area contributed by atoms with E-state index in [1.54, 1.807) is 12.1 Å². The van der Waals surface area contributed by atoms with Gasteiger partial charge in [0.25, 0.3) is 11.6 Å². The number of aryl methyl sites for hydroxylation is 1. The van der Waals surface area contributed by atoms with Gasteiger partial charge < -0.3 is 15.1 Å². The largest absolute Gasteiger partial charge is 0.372 e. The summed E-state index contributed by atoms with van der Waals surface area (Å²) in [7, 11) is 0. The van der Waals surface area contributed by atoms with E-state index in [9.17, 15) is 14.9 Å². The molecule has 2 aromatic carbocycles. The average Bonchev–Trinajstić information content (AvgIpc) is 3.43. The molecule has 7 nitrogen and oxygen atoms in total. The van der Waals surface area contributed by atoms with Crippen LogP contribution in [-0.4, -0.2) is 37.0 Å². The lowest BCUT2D eigenvalue weighted by molar-refractivity contribution is -0.384. The molecular weight excluding hydrogens is 368 g/mol. The Morgan fingerprint density at radius 1 is 0.966 bits per heavy atom. The third-order valence-corrected chi connectivity index (χ3v) is 5.81. The minimum absolute atomic E-state index is 0.0133. The van der Waals surface area contributed by atoms with Gasteiger partial charge in [0, 0.05) is 49.2 Å². The Morgan fingerprint density at radius 3 is 2.24 bits per heavy atom. The van der Waals surface area contributed by atoms with Gasteiger partial charge in [-0.25, -0.2) is 0 Å². The minimum Gasteiger partial charge on any atom is -0.372 e. The van der Waals surface area contributed by atoms with Crippen LogP contribution < -0.4 is 15.1 Å². The van der Waals surface area contributed by atoms with E-state index in [0.29, 0.717) is 11.3 Å². The molecule has 1 N–H and O–H groups in total. The van der Waals surface area contributed by atoms with Crippen molar-refractivity contribution in [3.05, 3.63) is 57.6 Å². The molecule has 2 fully saturated rings. The number of nitrogens with zero attached hydrogens (tertiary/aromatic N) is 3. The van der Waals surface area contributed by atoms with Gasteiger partial charge in [-0.05, 0) is 68.5 Å². The Balaban J connectivity index is 1.53. The molecule has 4 rings (SSSR count). The highest BCUT2D eigenvalue weighted by Gasteiger charge is 2.24. The van der Waals surface area contributed by atoms with Crippen molar-refractivity contribution in [1.29, 1.82) is 0 Å². The number of nitro benzene ring substituents is 1. The second-order valence-corrected chi connectivity index (χ2v) is 7.80. The standard InChI is InChI=1S/C22H26N4O3/c1-16-14-18(24-10-2-3-11-24)7-8-19(16)23-22(27)17-6-9-20(21(15-17)26(28)29)25-12-4-5-13-25/h6-9,14-15H,2-5,10-13H2,1H3,(H,23,27). The van der Waals surface area contributed by atoms with E-state index in [-0.39, 0.29) is 11.6 Å². The fourth-order valence-electron chi connectivity index (χ4n) is 4.19. The number of anilines is 3. The molecule has 0 bridgehead atoms. The number of hydrogen-bond acceptors (Lipinski definition) is 5. The summed E-state index contributed by atoms with van der Waals surface area (Å²) < 4.78 is 0. The van der Waals surface area contributed by atoms with Gasteiger partial charge >= 0.3 is 0 Å². The van der Waals surface area contributed by atoms with E-state index in [0.717, 1.165) is 50.3 Å². The van der Waals surface area contributed by atoms with Crippen LogP contribution in [0.15, 0.2) is 36.4 Å². The second-order valence-electron chi connectivity index (χ2n) is 7.80. The fraction of sp³-hybridized carbons (Fsp3) is 0.409. The number of carbonyl (C=O) groups excluding carboxylic acids is 1. The Morgan fingerprint density at radius 2 is 1.62 bits per heavy atom. The molecule has 29 heavy (non-hydrogen) atoms. The number of nitro groups is 1. The summed E-state index contributed by atoms with van der Waals surface area (Å²) >= 11 is 0. The summed E-state index contributed by atoms with van der Waals surface area (Å²) in [4.78, 5) is 28.3. The number of amides is 1. The molecule has 0 aromatic heterocycles. The van der Waals surface area contributed by atoms with Crippen molar-refractivity contribution in [2.45, 2.75) is 32.6 Å². The second kappa shape index (κ2) is 8.11. The van der Waals surface area contributed by atoms with Crippen LogP contribution in [0.25, 0.3) is 0 Å². The van der Waals surface area contributed by atoms with Crippen LogP contribution in [0.4, 0.5) is 22.7 Å². The molecule has 0 atom stereocenters. The molecule has 7 heteroatoms. The summed E-state index contributed by atoms with van der Waals surface area (Å²) in [5.74, 6) is -0.335. The normalized spacial score (nSPS) is 16.3. The van der Waals surface area contributed by atoms with Gasteiger partial charge in [-0.2, -0.15) is 0 Å². The van der Waals surface area contributed by atoms with Crippen molar-refractivity contribution in [2.75, 3.05) is 41.3 Å². The summed E-state index contributed by atoms with van der Waals surface area (Å²) in [6.07, 6.45) is 4.49. The molecule has 0 spiro atoms. The lowest BCUT2D eigenvalue weighted by atomic mass is 10.1. The predicted octanol–water partition coefficient (Wildman–Crippen LogP) is 4.36. The number of benzene rings is 2. The van der Waals surface area contributed by atoms with Crippen molar-refractivity contribution >= 4 is 28.7 Å². The summed E-state index contributed by atoms with van der Waals surface area (Å²) in [6.45, 7) is 5.73. The summed E-state index contributed by atoms with van der Waals surface area (Å²) in [6, 6.07) is 10.8. The van der Waals surface area contributed by atoms with Crippen molar-refractivity contribution < 1.29 is 9.72 Å². The highest BCUT2D eigenvalue weighted by atomic mass is 16.6. The smallest absolute Gasteiger partial charge is 0.293 e. The molecule has 2 saturated heterocycles. The number of hydrogen-bond donors (Lipinski definition) is 1. The van der Waals surface area contributed by atoms with E-state index in [1.807, 2.05) is 24.0 Å². The molecule has 0 saturated carbocycles. The molecular formula is C22H26N4O3. The molecule has 2 aliphatic heterocycles. The first-order valence-electron chi connectivity index (χ1n) is 10.2. The highest BCUT2D eigenvalue weighted by molar-refractivity contribution is 6.05. The molecule has 2 aliphatic rings. The van der Waals surface area contributed by atoms with Crippen molar-refractivity contribution in [2.24, 2.45) is 0 Å². The number of nitrogens with one attached hydrogen (secondary N) is 1. The molecule has 0 unspecified atom stereocenters. The summed E-state index contributed by atoms with van der Waals surface area (Å²) in [5, 5.41) is 14.5.